The molecule has 1 aliphatic heterocycles. The van der Waals surface area contributed by atoms with Gasteiger partial charge in [0, 0.05) is 35.3 Å². The number of H-pyrrole nitrogens is 1. The third-order valence-electron chi connectivity index (χ3n) is 5.67. The molecule has 7 nitrogen and oxygen atoms in total. The summed E-state index contributed by atoms with van der Waals surface area (Å²) in [6, 6.07) is 7.94. The average Bonchev–Trinajstić information content (AvgIpc) is 3.09. The van der Waals surface area contributed by atoms with Crippen molar-refractivity contribution in [1.29, 1.82) is 0 Å². The van der Waals surface area contributed by atoms with Crippen molar-refractivity contribution in [2.24, 2.45) is 11.7 Å². The van der Waals surface area contributed by atoms with Gasteiger partial charge in [0.05, 0.1) is 5.52 Å². The highest BCUT2D eigenvalue weighted by Gasteiger charge is 2.29. The Kier molecular flexibility index (Phi) is 5.10. The van der Waals surface area contributed by atoms with Crippen LogP contribution >= 0.6 is 11.6 Å². The lowest BCUT2D eigenvalue weighted by Gasteiger charge is -2.35. The number of carbonyl (C=O) groups excluding carboxylic acids is 1. The van der Waals surface area contributed by atoms with E-state index in [0.29, 0.717) is 40.3 Å². The van der Waals surface area contributed by atoms with E-state index in [4.69, 9.17) is 21.8 Å². The van der Waals surface area contributed by atoms with Crippen LogP contribution in [0.2, 0.25) is 5.02 Å². The Labute approximate surface area is 172 Å². The fourth-order valence-electron chi connectivity index (χ4n) is 3.93. The first-order valence-corrected chi connectivity index (χ1v) is 9.88. The molecule has 29 heavy (non-hydrogen) atoms. The topological polar surface area (TPSA) is 113 Å². The first-order chi connectivity index (χ1) is 13.8. The number of phenolic OH excluding ortho intramolecular Hbond substituents is 1. The van der Waals surface area contributed by atoms with E-state index in [0.717, 1.165) is 18.4 Å². The fraction of sp³-hybridized carbons (Fsp3) is 0.333. The van der Waals surface area contributed by atoms with Crippen LogP contribution in [-0.2, 0) is 0 Å². The lowest BCUT2D eigenvalue weighted by Crippen LogP contribution is -2.41. The largest absolute Gasteiger partial charge is 0.508 e. The third kappa shape index (κ3) is 3.75. The summed E-state index contributed by atoms with van der Waals surface area (Å²) >= 11 is 6.20. The number of nitrogens with two attached hydrogens (primary N) is 1. The van der Waals surface area contributed by atoms with Crippen LogP contribution in [0.5, 0.6) is 5.75 Å². The number of phenols is 1. The third-order valence-corrected chi connectivity index (χ3v) is 6.08. The van der Waals surface area contributed by atoms with Crippen LogP contribution in [0, 0.1) is 12.8 Å². The van der Waals surface area contributed by atoms with Gasteiger partial charge in [-0.25, -0.2) is 4.79 Å². The molecule has 1 fully saturated rings. The second kappa shape index (κ2) is 7.57. The van der Waals surface area contributed by atoms with Crippen LogP contribution < -0.4 is 11.5 Å². The van der Waals surface area contributed by atoms with Gasteiger partial charge < -0.3 is 20.2 Å². The van der Waals surface area contributed by atoms with Gasteiger partial charge in [-0.3, -0.25) is 9.78 Å². The van der Waals surface area contributed by atoms with Crippen LogP contribution in [0.25, 0.3) is 11.1 Å². The molecule has 2 heterocycles. The number of amides is 1. The van der Waals surface area contributed by atoms with Gasteiger partial charge in [-0.1, -0.05) is 11.6 Å². The maximum absolute atomic E-state index is 12.8. The Bertz CT molecular complexity index is 1130. The van der Waals surface area contributed by atoms with Gasteiger partial charge in [-0.05, 0) is 61.6 Å². The first-order valence-electron chi connectivity index (χ1n) is 9.50. The van der Waals surface area contributed by atoms with Gasteiger partial charge in [-0.15, -0.1) is 0 Å². The summed E-state index contributed by atoms with van der Waals surface area (Å²) in [7, 11) is 0. The van der Waals surface area contributed by atoms with E-state index in [1.807, 2.05) is 6.92 Å². The number of aryl methyl sites for hydroxylation is 1. The molecule has 0 saturated carbocycles. The lowest BCUT2D eigenvalue weighted by molar-refractivity contribution is 0.0677. The van der Waals surface area contributed by atoms with E-state index >= 15 is 0 Å². The number of nitrogens with zero attached hydrogens (tertiary/aromatic N) is 1. The molecule has 0 unspecified atom stereocenters. The Balaban J connectivity index is 1.45. The summed E-state index contributed by atoms with van der Waals surface area (Å²) in [6.07, 6.45) is 1.44. The van der Waals surface area contributed by atoms with Crippen LogP contribution in [0.15, 0.2) is 39.5 Å². The molecule has 4 rings (SSSR count). The Hall–Kier alpha value is -2.77. The van der Waals surface area contributed by atoms with Crippen molar-refractivity contribution in [2.75, 3.05) is 13.1 Å². The number of likely N-dealkylation sites (tertiary alicyclic amines) is 1. The van der Waals surface area contributed by atoms with E-state index in [1.165, 1.54) is 0 Å². The molecule has 0 bridgehead atoms. The molecule has 1 amide bonds. The lowest BCUT2D eigenvalue weighted by atomic mass is 9.85. The number of benzene rings is 2. The molecule has 1 aromatic heterocycles. The highest BCUT2D eigenvalue weighted by Crippen LogP contribution is 2.36. The number of fused-ring (bicyclic) bond motifs is 1. The molecule has 1 atom stereocenters. The monoisotopic (exact) mass is 415 g/mol. The van der Waals surface area contributed by atoms with E-state index in [9.17, 15) is 14.7 Å². The van der Waals surface area contributed by atoms with Gasteiger partial charge >= 0.3 is 5.76 Å². The van der Waals surface area contributed by atoms with Crippen LogP contribution in [0.4, 0.5) is 0 Å². The number of nitrogens with one attached hydrogen (secondary N) is 1. The zero-order valence-electron chi connectivity index (χ0n) is 15.9. The molecular weight excluding hydrogens is 394 g/mol. The van der Waals surface area contributed by atoms with Gasteiger partial charge in [-0.2, -0.15) is 0 Å². The number of oxazole rings is 1. The maximum Gasteiger partial charge on any atom is 0.417 e. The Morgan fingerprint density at radius 2 is 2.03 bits per heavy atom. The van der Waals surface area contributed by atoms with Crippen molar-refractivity contribution in [1.82, 2.24) is 9.88 Å². The molecule has 1 aliphatic rings. The highest BCUT2D eigenvalue weighted by molar-refractivity contribution is 6.31. The SMILES string of the molecule is Cc1cc(O)c([C@H](N)C2CCN(C(=O)c3ccc4[nH]c(=O)oc4c3)CC2)cc1Cl. The summed E-state index contributed by atoms with van der Waals surface area (Å²) in [6.45, 7) is 2.96. The molecule has 4 N–H and O–H groups in total. The van der Waals surface area contributed by atoms with Crippen molar-refractivity contribution < 1.29 is 14.3 Å². The number of carbonyl (C=O) groups is 1. The van der Waals surface area contributed by atoms with Crippen molar-refractivity contribution in [3.05, 3.63) is 62.6 Å². The standard InChI is InChI=1S/C21H22ClN3O4/c1-11-8-17(26)14(10-15(11)22)19(23)12-4-6-25(7-5-12)20(27)13-2-3-16-18(9-13)29-21(28)24-16/h2-3,8-10,12,19,26H,4-7,23H2,1H3,(H,24,28)/t19-/m1/s1. The van der Waals surface area contributed by atoms with E-state index in [-0.39, 0.29) is 23.6 Å². The average molecular weight is 416 g/mol. The highest BCUT2D eigenvalue weighted by atomic mass is 35.5. The zero-order valence-corrected chi connectivity index (χ0v) is 16.7. The van der Waals surface area contributed by atoms with Gasteiger partial charge in [0.25, 0.3) is 5.91 Å². The molecular formula is C21H22ClN3O4. The number of aromatic hydroxyl groups is 1. The zero-order chi connectivity index (χ0) is 20.7. The molecule has 2 aromatic carbocycles. The van der Waals surface area contributed by atoms with E-state index in [1.54, 1.807) is 35.2 Å². The molecule has 3 aromatic rings. The van der Waals surface area contributed by atoms with E-state index in [2.05, 4.69) is 4.98 Å². The van der Waals surface area contributed by atoms with Crippen molar-refractivity contribution >= 4 is 28.6 Å². The van der Waals surface area contributed by atoms with E-state index < -0.39 is 5.76 Å². The summed E-state index contributed by atoms with van der Waals surface area (Å²) in [4.78, 5) is 28.5. The number of rotatable bonds is 3. The normalized spacial score (nSPS) is 16.3. The van der Waals surface area contributed by atoms with Gasteiger partial charge in [0.15, 0.2) is 5.58 Å². The molecule has 0 radical (unpaired) electrons. The summed E-state index contributed by atoms with van der Waals surface area (Å²) < 4.78 is 5.04. The molecule has 152 valence electrons. The summed E-state index contributed by atoms with van der Waals surface area (Å²) in [5, 5.41) is 10.8. The minimum Gasteiger partial charge on any atom is -0.508 e. The van der Waals surface area contributed by atoms with Gasteiger partial charge in [0.1, 0.15) is 5.75 Å². The second-order valence-corrected chi connectivity index (χ2v) is 7.95. The molecule has 0 spiro atoms. The number of hydrogen-bond donors (Lipinski definition) is 3. The number of hydrogen-bond acceptors (Lipinski definition) is 5. The van der Waals surface area contributed by atoms with Gasteiger partial charge in [0.2, 0.25) is 0 Å². The predicted molar refractivity (Wildman–Crippen MR) is 110 cm³/mol. The van der Waals surface area contributed by atoms with Crippen molar-refractivity contribution in [3.63, 3.8) is 0 Å². The maximum atomic E-state index is 12.8. The predicted octanol–water partition coefficient (Wildman–Crippen LogP) is 3.34. The van der Waals surface area contributed by atoms with Crippen LogP contribution in [-0.4, -0.2) is 34.0 Å². The minimum absolute atomic E-state index is 0.107. The van der Waals surface area contributed by atoms with Crippen molar-refractivity contribution in [3.8, 4) is 5.75 Å². The number of aromatic amines is 1. The Morgan fingerprint density at radius 3 is 2.76 bits per heavy atom. The summed E-state index contributed by atoms with van der Waals surface area (Å²) in [5.41, 5.74) is 9.26. The quantitative estimate of drug-likeness (QED) is 0.607. The molecule has 0 aliphatic carbocycles. The summed E-state index contributed by atoms with van der Waals surface area (Å²) in [5.74, 6) is -0.365. The molecule has 1 saturated heterocycles. The number of aromatic nitrogens is 1. The molecule has 8 heteroatoms. The second-order valence-electron chi connectivity index (χ2n) is 7.54. The van der Waals surface area contributed by atoms with Crippen molar-refractivity contribution in [2.45, 2.75) is 25.8 Å². The smallest absolute Gasteiger partial charge is 0.417 e. The minimum atomic E-state index is -0.543. The number of halogens is 1. The van der Waals surface area contributed by atoms with Crippen LogP contribution in [0.3, 0.4) is 0 Å². The Morgan fingerprint density at radius 1 is 1.31 bits per heavy atom. The van der Waals surface area contributed by atoms with Crippen LogP contribution in [0.1, 0.15) is 40.4 Å². The first kappa shape index (κ1) is 19.5. The fourth-order valence-corrected chi connectivity index (χ4v) is 4.10. The number of piperidine rings is 1.